The van der Waals surface area contributed by atoms with Gasteiger partial charge in [0.15, 0.2) is 0 Å². The summed E-state index contributed by atoms with van der Waals surface area (Å²) in [5, 5.41) is 6.21. The maximum atomic E-state index is 12.9. The van der Waals surface area contributed by atoms with Crippen LogP contribution in [0.15, 0.2) is 47.4 Å². The molecule has 4 nitrogen and oxygen atoms in total. The molecular formula is C17H14ClNO3S2. The maximum absolute atomic E-state index is 12.9. The summed E-state index contributed by atoms with van der Waals surface area (Å²) in [5.41, 5.74) is 1.22. The topological polar surface area (TPSA) is 77.2 Å². The third-order valence-electron chi connectivity index (χ3n) is 3.76. The molecule has 0 radical (unpaired) electrons. The molecule has 0 amide bonds. The predicted octanol–water partition coefficient (Wildman–Crippen LogP) is 4.00. The lowest BCUT2D eigenvalue weighted by molar-refractivity contribution is 0.104. The molecule has 0 fully saturated rings. The van der Waals surface area contributed by atoms with E-state index in [-0.39, 0.29) is 21.3 Å². The number of sulfonamides is 1. The first-order valence-electron chi connectivity index (χ1n) is 7.20. The lowest BCUT2D eigenvalue weighted by Crippen LogP contribution is -2.14. The van der Waals surface area contributed by atoms with Crippen molar-refractivity contribution < 1.29 is 13.2 Å². The van der Waals surface area contributed by atoms with E-state index in [1.165, 1.54) is 29.5 Å². The second kappa shape index (κ2) is 6.29. The number of thiophene rings is 1. The molecule has 2 aromatic carbocycles. The molecule has 124 valence electrons. The van der Waals surface area contributed by atoms with Crippen LogP contribution < -0.4 is 5.14 Å². The molecule has 0 unspecified atom stereocenters. The first-order chi connectivity index (χ1) is 11.3. The average Bonchev–Trinajstić information content (AvgIpc) is 2.92. The second-order valence-electron chi connectivity index (χ2n) is 5.28. The highest BCUT2D eigenvalue weighted by Crippen LogP contribution is 2.34. The van der Waals surface area contributed by atoms with E-state index in [2.05, 4.69) is 0 Å². The quantitative estimate of drug-likeness (QED) is 0.696. The van der Waals surface area contributed by atoms with E-state index in [9.17, 15) is 13.2 Å². The standard InChI is InChI=1S/C17H14ClNO3S2/c1-2-11-12-5-3-4-6-14(12)23-17(11)16(20)10-7-8-13(18)15(9-10)24(19,21)22/h3-9H,2H2,1H3,(H2,19,21,22). The number of nitrogens with two attached hydrogens (primary N) is 1. The molecule has 0 saturated carbocycles. The van der Waals surface area contributed by atoms with Crippen molar-refractivity contribution in [2.75, 3.05) is 0 Å². The number of hydrogen-bond donors (Lipinski definition) is 1. The minimum Gasteiger partial charge on any atom is -0.288 e. The van der Waals surface area contributed by atoms with Gasteiger partial charge in [-0.25, -0.2) is 13.6 Å². The molecule has 3 aromatic rings. The Morgan fingerprint density at radius 3 is 2.58 bits per heavy atom. The van der Waals surface area contributed by atoms with Crippen molar-refractivity contribution in [1.29, 1.82) is 0 Å². The van der Waals surface area contributed by atoms with Gasteiger partial charge in [-0.2, -0.15) is 0 Å². The Labute approximate surface area is 148 Å². The normalized spacial score (nSPS) is 11.8. The van der Waals surface area contributed by atoms with Crippen LogP contribution >= 0.6 is 22.9 Å². The number of primary sulfonamides is 1. The Morgan fingerprint density at radius 2 is 1.92 bits per heavy atom. The van der Waals surface area contributed by atoms with Crippen LogP contribution in [0.25, 0.3) is 10.1 Å². The van der Waals surface area contributed by atoms with E-state index in [0.717, 1.165) is 15.6 Å². The minimum absolute atomic E-state index is 0.00102. The van der Waals surface area contributed by atoms with Gasteiger partial charge >= 0.3 is 0 Å². The van der Waals surface area contributed by atoms with Crippen molar-refractivity contribution in [3.8, 4) is 0 Å². The Hall–Kier alpha value is -1.73. The largest absolute Gasteiger partial charge is 0.288 e. The summed E-state index contributed by atoms with van der Waals surface area (Å²) in [6, 6.07) is 11.9. The van der Waals surface area contributed by atoms with Crippen molar-refractivity contribution in [2.45, 2.75) is 18.2 Å². The van der Waals surface area contributed by atoms with Gasteiger partial charge in [0, 0.05) is 10.3 Å². The molecule has 0 atom stereocenters. The number of carbonyl (C=O) groups excluding carboxylic acids is 1. The zero-order valence-electron chi connectivity index (χ0n) is 12.7. The zero-order valence-corrected chi connectivity index (χ0v) is 15.1. The Kier molecular flexibility index (Phi) is 4.48. The van der Waals surface area contributed by atoms with E-state index < -0.39 is 10.0 Å². The summed E-state index contributed by atoms with van der Waals surface area (Å²) in [6.45, 7) is 1.99. The van der Waals surface area contributed by atoms with Gasteiger partial charge < -0.3 is 0 Å². The Balaban J connectivity index is 2.17. The molecule has 0 spiro atoms. The van der Waals surface area contributed by atoms with Crippen molar-refractivity contribution in [1.82, 2.24) is 0 Å². The Bertz CT molecular complexity index is 1050. The van der Waals surface area contributed by atoms with Crippen LogP contribution in [0.3, 0.4) is 0 Å². The van der Waals surface area contributed by atoms with Crippen LogP contribution in [-0.4, -0.2) is 14.2 Å². The summed E-state index contributed by atoms with van der Waals surface area (Å²) in [5.74, 6) is -0.227. The first kappa shape index (κ1) is 17.1. The molecular weight excluding hydrogens is 366 g/mol. The molecule has 1 aromatic heterocycles. The highest BCUT2D eigenvalue weighted by Gasteiger charge is 2.21. The van der Waals surface area contributed by atoms with Crippen molar-refractivity contribution >= 4 is 48.8 Å². The minimum atomic E-state index is -3.99. The summed E-state index contributed by atoms with van der Waals surface area (Å²) < 4.78 is 24.3. The monoisotopic (exact) mass is 379 g/mol. The molecule has 0 aliphatic heterocycles. The predicted molar refractivity (Wildman–Crippen MR) is 97.5 cm³/mol. The SMILES string of the molecule is CCc1c(C(=O)c2ccc(Cl)c(S(N)(=O)=O)c2)sc2ccccc12. The van der Waals surface area contributed by atoms with Gasteiger partial charge in [0.05, 0.1) is 9.90 Å². The molecule has 3 rings (SSSR count). The number of carbonyl (C=O) groups is 1. The van der Waals surface area contributed by atoms with Crippen molar-refractivity contribution in [3.63, 3.8) is 0 Å². The van der Waals surface area contributed by atoms with Gasteiger partial charge in [-0.1, -0.05) is 36.7 Å². The van der Waals surface area contributed by atoms with Crippen molar-refractivity contribution in [2.24, 2.45) is 5.14 Å². The second-order valence-corrected chi connectivity index (χ2v) is 8.27. The van der Waals surface area contributed by atoms with Crippen LogP contribution in [0.2, 0.25) is 5.02 Å². The first-order valence-corrected chi connectivity index (χ1v) is 9.94. The number of aryl methyl sites for hydroxylation is 1. The zero-order chi connectivity index (χ0) is 17.5. The summed E-state index contributed by atoms with van der Waals surface area (Å²) >= 11 is 7.29. The number of hydrogen-bond acceptors (Lipinski definition) is 4. The molecule has 2 N–H and O–H groups in total. The van der Waals surface area contributed by atoms with Gasteiger partial charge in [0.2, 0.25) is 15.8 Å². The van der Waals surface area contributed by atoms with Crippen LogP contribution in [0.5, 0.6) is 0 Å². The van der Waals surface area contributed by atoms with Gasteiger partial charge in [-0.05, 0) is 41.6 Å². The molecule has 0 saturated heterocycles. The molecule has 0 aliphatic carbocycles. The fraction of sp³-hybridized carbons (Fsp3) is 0.118. The van der Waals surface area contributed by atoms with E-state index >= 15 is 0 Å². The fourth-order valence-corrected chi connectivity index (χ4v) is 4.95. The highest BCUT2D eigenvalue weighted by molar-refractivity contribution is 7.89. The lowest BCUT2D eigenvalue weighted by Gasteiger charge is -2.06. The summed E-state index contributed by atoms with van der Waals surface area (Å²) in [4.78, 5) is 13.3. The van der Waals surface area contributed by atoms with Gasteiger partial charge in [-0.3, -0.25) is 4.79 Å². The number of halogens is 1. The number of benzene rings is 2. The third-order valence-corrected chi connectivity index (χ3v) is 6.36. The van der Waals surface area contributed by atoms with E-state index in [0.29, 0.717) is 11.3 Å². The van der Waals surface area contributed by atoms with E-state index in [1.807, 2.05) is 31.2 Å². The molecule has 0 bridgehead atoms. The van der Waals surface area contributed by atoms with Gasteiger partial charge in [0.25, 0.3) is 0 Å². The van der Waals surface area contributed by atoms with Crippen LogP contribution in [0.1, 0.15) is 27.7 Å². The third kappa shape index (κ3) is 2.98. The lowest BCUT2D eigenvalue weighted by atomic mass is 10.0. The van der Waals surface area contributed by atoms with E-state index in [4.69, 9.17) is 16.7 Å². The smallest absolute Gasteiger partial charge is 0.239 e. The van der Waals surface area contributed by atoms with Gasteiger partial charge in [-0.15, -0.1) is 11.3 Å². The highest BCUT2D eigenvalue weighted by atomic mass is 35.5. The van der Waals surface area contributed by atoms with Crippen LogP contribution in [-0.2, 0) is 16.4 Å². The van der Waals surface area contributed by atoms with Crippen molar-refractivity contribution in [3.05, 3.63) is 63.5 Å². The van der Waals surface area contributed by atoms with E-state index in [1.54, 1.807) is 0 Å². The van der Waals surface area contributed by atoms with Crippen LogP contribution in [0.4, 0.5) is 0 Å². The number of rotatable bonds is 4. The molecule has 7 heteroatoms. The number of fused-ring (bicyclic) bond motifs is 1. The molecule has 1 heterocycles. The molecule has 24 heavy (non-hydrogen) atoms. The average molecular weight is 380 g/mol. The fourth-order valence-electron chi connectivity index (χ4n) is 2.63. The molecule has 0 aliphatic rings. The summed E-state index contributed by atoms with van der Waals surface area (Å²) in [7, 11) is -3.99. The summed E-state index contributed by atoms with van der Waals surface area (Å²) in [6.07, 6.45) is 0.709. The number of ketones is 1. The Morgan fingerprint density at radius 1 is 1.21 bits per heavy atom. The van der Waals surface area contributed by atoms with Gasteiger partial charge in [0.1, 0.15) is 4.90 Å². The maximum Gasteiger partial charge on any atom is 0.239 e. The van der Waals surface area contributed by atoms with Crippen LogP contribution in [0, 0.1) is 0 Å².